The summed E-state index contributed by atoms with van der Waals surface area (Å²) in [6.07, 6.45) is 0.738. The van der Waals surface area contributed by atoms with Crippen LogP contribution in [0.15, 0.2) is 41.3 Å². The summed E-state index contributed by atoms with van der Waals surface area (Å²) in [5.41, 5.74) is 1.88. The molecule has 5 nitrogen and oxygen atoms in total. The van der Waals surface area contributed by atoms with Gasteiger partial charge in [-0.15, -0.1) is 12.4 Å². The van der Waals surface area contributed by atoms with E-state index in [4.69, 9.17) is 33.1 Å². The average molecular weight is 426 g/mol. The van der Waals surface area contributed by atoms with E-state index in [1.165, 1.54) is 12.1 Å². The van der Waals surface area contributed by atoms with Crippen molar-refractivity contribution < 1.29 is 13.2 Å². The first-order valence-electron chi connectivity index (χ1n) is 7.15. The van der Waals surface area contributed by atoms with Gasteiger partial charge in [-0.2, -0.15) is 0 Å². The maximum absolute atomic E-state index is 11.2. The maximum Gasteiger partial charge on any atom is 0.238 e. The van der Waals surface area contributed by atoms with E-state index in [0.29, 0.717) is 28.9 Å². The van der Waals surface area contributed by atoms with Crippen LogP contribution >= 0.6 is 35.6 Å². The second-order valence-corrected chi connectivity index (χ2v) is 7.60. The Bertz CT molecular complexity index is 812. The fourth-order valence-electron chi connectivity index (χ4n) is 2.28. The summed E-state index contributed by atoms with van der Waals surface area (Å²) in [5, 5.41) is 9.38. The Kier molecular flexibility index (Phi) is 8.47. The number of hydrogen-bond acceptors (Lipinski definition) is 4. The van der Waals surface area contributed by atoms with Gasteiger partial charge in [-0.3, -0.25) is 0 Å². The summed E-state index contributed by atoms with van der Waals surface area (Å²) in [6.45, 7) is 1.25. The first-order chi connectivity index (χ1) is 11.3. The normalized spacial score (nSPS) is 11.0. The van der Waals surface area contributed by atoms with Crippen LogP contribution in [-0.2, 0) is 23.0 Å². The Balaban J connectivity index is 0.00000312. The molecule has 0 aliphatic heterocycles. The molecule has 0 heterocycles. The number of primary sulfonamides is 1. The van der Waals surface area contributed by atoms with Crippen molar-refractivity contribution in [3.05, 3.63) is 57.6 Å². The summed E-state index contributed by atoms with van der Waals surface area (Å²) in [5.74, 6) is 0.603. The van der Waals surface area contributed by atoms with E-state index in [1.807, 2.05) is 0 Å². The van der Waals surface area contributed by atoms with Crippen LogP contribution in [0.2, 0.25) is 10.0 Å². The fraction of sp³-hybridized carbons (Fsp3) is 0.250. The van der Waals surface area contributed by atoms with E-state index in [-0.39, 0.29) is 17.3 Å². The molecule has 0 aliphatic carbocycles. The molecule has 2 rings (SSSR count). The lowest BCUT2D eigenvalue weighted by Crippen LogP contribution is -2.17. The van der Waals surface area contributed by atoms with Gasteiger partial charge in [0.15, 0.2) is 0 Å². The van der Waals surface area contributed by atoms with Crippen LogP contribution in [-0.4, -0.2) is 22.1 Å². The molecule has 0 spiro atoms. The molecule has 3 N–H and O–H groups in total. The van der Waals surface area contributed by atoms with Gasteiger partial charge < -0.3 is 10.1 Å². The fourth-order valence-corrected chi connectivity index (χ4v) is 3.40. The number of nitrogens with one attached hydrogen (secondary N) is 1. The number of ether oxygens (including phenoxy) is 1. The number of nitrogens with two attached hydrogens (primary N) is 1. The van der Waals surface area contributed by atoms with Crippen LogP contribution in [0.3, 0.4) is 0 Å². The zero-order chi connectivity index (χ0) is 17.7. The standard InChI is InChI=1S/C16H18Cl2N2O3S.ClH/c1-23-16-12(8-13(17)9-15(16)18)10-20-7-6-11-2-4-14(5-3-11)24(19,21)22;/h2-5,8-9,20H,6-7,10H2,1H3,(H2,19,21,22);1H. The van der Waals surface area contributed by atoms with E-state index in [1.54, 1.807) is 31.4 Å². The Morgan fingerprint density at radius 2 is 1.80 bits per heavy atom. The Morgan fingerprint density at radius 1 is 1.16 bits per heavy atom. The number of rotatable bonds is 7. The minimum atomic E-state index is -3.65. The SMILES string of the molecule is COc1c(Cl)cc(Cl)cc1CNCCc1ccc(S(N)(=O)=O)cc1.Cl. The quantitative estimate of drug-likeness (QED) is 0.666. The molecule has 0 amide bonds. The minimum absolute atomic E-state index is 0. The molecular weight excluding hydrogens is 407 g/mol. The monoisotopic (exact) mass is 424 g/mol. The molecule has 138 valence electrons. The highest BCUT2D eigenvalue weighted by Crippen LogP contribution is 2.32. The molecule has 0 radical (unpaired) electrons. The minimum Gasteiger partial charge on any atom is -0.495 e. The third-order valence-corrected chi connectivity index (χ3v) is 4.88. The first kappa shape index (κ1) is 22.0. The van der Waals surface area contributed by atoms with E-state index in [0.717, 1.165) is 17.5 Å². The van der Waals surface area contributed by atoms with Crippen molar-refractivity contribution in [2.45, 2.75) is 17.9 Å². The van der Waals surface area contributed by atoms with Crippen LogP contribution in [0, 0.1) is 0 Å². The van der Waals surface area contributed by atoms with E-state index < -0.39 is 10.0 Å². The van der Waals surface area contributed by atoms with Gasteiger partial charge in [-0.25, -0.2) is 13.6 Å². The molecule has 0 aliphatic rings. The van der Waals surface area contributed by atoms with Crippen molar-refractivity contribution in [1.29, 1.82) is 0 Å². The lowest BCUT2D eigenvalue weighted by Gasteiger charge is -2.12. The predicted octanol–water partition coefficient (Wildman–Crippen LogP) is 3.40. The molecule has 0 saturated heterocycles. The van der Waals surface area contributed by atoms with Gasteiger partial charge in [0.25, 0.3) is 0 Å². The summed E-state index contributed by atoms with van der Waals surface area (Å²) in [4.78, 5) is 0.109. The van der Waals surface area contributed by atoms with Gasteiger partial charge in [0.2, 0.25) is 10.0 Å². The van der Waals surface area contributed by atoms with Crippen LogP contribution < -0.4 is 15.2 Å². The van der Waals surface area contributed by atoms with Gasteiger partial charge in [0.1, 0.15) is 5.75 Å². The summed E-state index contributed by atoms with van der Waals surface area (Å²) in [6, 6.07) is 9.95. The highest BCUT2D eigenvalue weighted by molar-refractivity contribution is 7.89. The van der Waals surface area contributed by atoms with Crippen molar-refractivity contribution in [1.82, 2.24) is 5.32 Å². The summed E-state index contributed by atoms with van der Waals surface area (Å²) >= 11 is 12.1. The number of halogens is 3. The molecule has 0 aromatic heterocycles. The molecule has 0 unspecified atom stereocenters. The molecule has 0 saturated carbocycles. The Labute approximate surface area is 163 Å². The first-order valence-corrected chi connectivity index (χ1v) is 9.46. The highest BCUT2D eigenvalue weighted by Gasteiger charge is 2.10. The molecule has 0 fully saturated rings. The molecular formula is C16H19Cl3N2O3S. The second kappa shape index (κ2) is 9.62. The zero-order valence-corrected chi connectivity index (χ0v) is 16.6. The summed E-state index contributed by atoms with van der Waals surface area (Å²) < 4.78 is 27.7. The van der Waals surface area contributed by atoms with Crippen LogP contribution in [0.4, 0.5) is 0 Å². The number of hydrogen-bond donors (Lipinski definition) is 2. The van der Waals surface area contributed by atoms with E-state index in [2.05, 4.69) is 5.32 Å². The summed E-state index contributed by atoms with van der Waals surface area (Å²) in [7, 11) is -2.09. The highest BCUT2D eigenvalue weighted by atomic mass is 35.5. The predicted molar refractivity (Wildman–Crippen MR) is 103 cm³/mol. The molecule has 25 heavy (non-hydrogen) atoms. The largest absolute Gasteiger partial charge is 0.495 e. The molecule has 0 bridgehead atoms. The average Bonchev–Trinajstić information content (AvgIpc) is 2.51. The Morgan fingerprint density at radius 3 is 2.36 bits per heavy atom. The smallest absolute Gasteiger partial charge is 0.238 e. The Hall–Kier alpha value is -1.02. The number of sulfonamides is 1. The molecule has 9 heteroatoms. The van der Waals surface area contributed by atoms with Gasteiger partial charge in [-0.1, -0.05) is 35.3 Å². The van der Waals surface area contributed by atoms with E-state index in [9.17, 15) is 8.42 Å². The van der Waals surface area contributed by atoms with Crippen LogP contribution in [0.1, 0.15) is 11.1 Å². The molecule has 2 aromatic carbocycles. The van der Waals surface area contributed by atoms with Crippen molar-refractivity contribution in [2.75, 3.05) is 13.7 Å². The van der Waals surface area contributed by atoms with E-state index >= 15 is 0 Å². The zero-order valence-electron chi connectivity index (χ0n) is 13.5. The van der Waals surface area contributed by atoms with Crippen molar-refractivity contribution in [2.24, 2.45) is 5.14 Å². The van der Waals surface area contributed by atoms with Gasteiger partial charge >= 0.3 is 0 Å². The second-order valence-electron chi connectivity index (χ2n) is 5.20. The number of methoxy groups -OCH3 is 1. The van der Waals surface area contributed by atoms with Crippen molar-refractivity contribution in [3.63, 3.8) is 0 Å². The number of benzene rings is 2. The van der Waals surface area contributed by atoms with Crippen LogP contribution in [0.5, 0.6) is 5.75 Å². The topological polar surface area (TPSA) is 81.4 Å². The third kappa shape index (κ3) is 6.33. The maximum atomic E-state index is 11.2. The lowest BCUT2D eigenvalue weighted by molar-refractivity contribution is 0.408. The molecule has 0 atom stereocenters. The van der Waals surface area contributed by atoms with Gasteiger partial charge in [0.05, 0.1) is 17.0 Å². The van der Waals surface area contributed by atoms with Crippen LogP contribution in [0.25, 0.3) is 0 Å². The van der Waals surface area contributed by atoms with Gasteiger partial charge in [-0.05, 0) is 42.8 Å². The van der Waals surface area contributed by atoms with Gasteiger partial charge in [0, 0.05) is 17.1 Å². The third-order valence-electron chi connectivity index (χ3n) is 3.45. The van der Waals surface area contributed by atoms with Crippen molar-refractivity contribution >= 4 is 45.6 Å². The molecule has 2 aromatic rings. The van der Waals surface area contributed by atoms with Crippen molar-refractivity contribution in [3.8, 4) is 5.75 Å². The lowest BCUT2D eigenvalue weighted by atomic mass is 10.1.